The van der Waals surface area contributed by atoms with Gasteiger partial charge in [0.25, 0.3) is 5.91 Å². The SMILES string of the molecule is CCc1cccc(N(C(=O)c2ccco2)C2CCOC2=O)c1. The molecule has 2 heterocycles. The molecule has 0 bridgehead atoms. The Balaban J connectivity index is 2.02. The Morgan fingerprint density at radius 3 is 2.82 bits per heavy atom. The van der Waals surface area contributed by atoms with Gasteiger partial charge in [0, 0.05) is 12.1 Å². The molecule has 5 nitrogen and oxygen atoms in total. The van der Waals surface area contributed by atoms with Crippen LogP contribution in [0.5, 0.6) is 0 Å². The van der Waals surface area contributed by atoms with Gasteiger partial charge < -0.3 is 9.15 Å². The highest BCUT2D eigenvalue weighted by Crippen LogP contribution is 2.26. The maximum absolute atomic E-state index is 12.8. The van der Waals surface area contributed by atoms with E-state index < -0.39 is 6.04 Å². The quantitative estimate of drug-likeness (QED) is 0.815. The summed E-state index contributed by atoms with van der Waals surface area (Å²) < 4.78 is 10.2. The van der Waals surface area contributed by atoms with E-state index in [-0.39, 0.29) is 17.6 Å². The van der Waals surface area contributed by atoms with Crippen LogP contribution in [0.15, 0.2) is 47.1 Å². The first kappa shape index (κ1) is 14.4. The van der Waals surface area contributed by atoms with Crippen LogP contribution in [-0.4, -0.2) is 24.5 Å². The molecule has 0 spiro atoms. The summed E-state index contributed by atoms with van der Waals surface area (Å²) in [5, 5.41) is 0. The van der Waals surface area contributed by atoms with Crippen molar-refractivity contribution in [2.75, 3.05) is 11.5 Å². The van der Waals surface area contributed by atoms with Gasteiger partial charge in [0.1, 0.15) is 6.04 Å². The Morgan fingerprint density at radius 1 is 1.32 bits per heavy atom. The lowest BCUT2D eigenvalue weighted by Crippen LogP contribution is -2.43. The molecular weight excluding hydrogens is 282 g/mol. The number of rotatable bonds is 4. The number of anilines is 1. The van der Waals surface area contributed by atoms with Gasteiger partial charge in [-0.05, 0) is 36.2 Å². The number of nitrogens with zero attached hydrogens (tertiary/aromatic N) is 1. The van der Waals surface area contributed by atoms with Crippen molar-refractivity contribution in [3.63, 3.8) is 0 Å². The second-order valence-corrected chi connectivity index (χ2v) is 5.15. The van der Waals surface area contributed by atoms with E-state index in [0.29, 0.717) is 18.7 Å². The fraction of sp³-hybridized carbons (Fsp3) is 0.294. The average Bonchev–Trinajstić information content (AvgIpc) is 3.20. The number of benzene rings is 1. The number of ether oxygens (including phenoxy) is 1. The van der Waals surface area contributed by atoms with Gasteiger partial charge in [0.05, 0.1) is 12.9 Å². The number of hydrogen-bond acceptors (Lipinski definition) is 4. The third kappa shape index (κ3) is 2.62. The van der Waals surface area contributed by atoms with E-state index in [9.17, 15) is 9.59 Å². The van der Waals surface area contributed by atoms with Gasteiger partial charge in [-0.1, -0.05) is 19.1 Å². The van der Waals surface area contributed by atoms with Crippen LogP contribution in [0.4, 0.5) is 5.69 Å². The molecular formula is C17H17NO4. The molecule has 0 saturated carbocycles. The number of hydrogen-bond donors (Lipinski definition) is 0. The maximum atomic E-state index is 12.8. The van der Waals surface area contributed by atoms with Crippen molar-refractivity contribution in [2.24, 2.45) is 0 Å². The summed E-state index contributed by atoms with van der Waals surface area (Å²) in [6.07, 6.45) is 2.79. The zero-order valence-corrected chi connectivity index (χ0v) is 12.3. The highest BCUT2D eigenvalue weighted by molar-refractivity contribution is 6.08. The summed E-state index contributed by atoms with van der Waals surface area (Å²) in [5.74, 6) is -0.495. The summed E-state index contributed by atoms with van der Waals surface area (Å²) in [6.45, 7) is 2.38. The predicted molar refractivity (Wildman–Crippen MR) is 80.7 cm³/mol. The topological polar surface area (TPSA) is 59.8 Å². The number of furan rings is 1. The van der Waals surface area contributed by atoms with Crippen LogP contribution in [0.3, 0.4) is 0 Å². The van der Waals surface area contributed by atoms with Crippen LogP contribution >= 0.6 is 0 Å². The molecule has 2 aromatic rings. The van der Waals surface area contributed by atoms with Crippen LogP contribution in [0, 0.1) is 0 Å². The average molecular weight is 299 g/mol. The largest absolute Gasteiger partial charge is 0.464 e. The van der Waals surface area contributed by atoms with Gasteiger partial charge in [-0.2, -0.15) is 0 Å². The second kappa shape index (κ2) is 6.05. The normalized spacial score (nSPS) is 17.3. The third-order valence-corrected chi connectivity index (χ3v) is 3.77. The van der Waals surface area contributed by atoms with E-state index in [1.54, 1.807) is 12.1 Å². The van der Waals surface area contributed by atoms with E-state index >= 15 is 0 Å². The molecule has 5 heteroatoms. The van der Waals surface area contributed by atoms with Crippen LogP contribution in [-0.2, 0) is 16.0 Å². The smallest absolute Gasteiger partial charge is 0.329 e. The molecule has 0 aliphatic carbocycles. The standard InChI is InChI=1S/C17H17NO4/c1-2-12-5-3-6-13(11-12)18(14-8-10-22-17(14)20)16(19)15-7-4-9-21-15/h3-7,9,11,14H,2,8,10H2,1H3. The Bertz CT molecular complexity index is 678. The number of carbonyl (C=O) groups excluding carboxylic acids is 2. The van der Waals surface area contributed by atoms with Crippen LogP contribution < -0.4 is 4.90 Å². The number of aryl methyl sites for hydroxylation is 1. The summed E-state index contributed by atoms with van der Waals surface area (Å²) in [6, 6.07) is 10.3. The minimum atomic E-state index is -0.607. The van der Waals surface area contributed by atoms with E-state index in [1.165, 1.54) is 11.2 Å². The Morgan fingerprint density at radius 2 is 2.18 bits per heavy atom. The Labute approximate surface area is 128 Å². The molecule has 3 rings (SSSR count). The molecule has 1 fully saturated rings. The molecule has 1 atom stereocenters. The number of cyclic esters (lactones) is 1. The third-order valence-electron chi connectivity index (χ3n) is 3.77. The summed E-state index contributed by atoms with van der Waals surface area (Å²) in [7, 11) is 0. The lowest BCUT2D eigenvalue weighted by Gasteiger charge is -2.26. The molecule has 1 aromatic heterocycles. The van der Waals surface area contributed by atoms with Crippen molar-refractivity contribution in [1.82, 2.24) is 0 Å². The zero-order chi connectivity index (χ0) is 15.5. The lowest BCUT2D eigenvalue weighted by atomic mass is 10.1. The van der Waals surface area contributed by atoms with E-state index in [1.807, 2.05) is 31.2 Å². The summed E-state index contributed by atoms with van der Waals surface area (Å²) >= 11 is 0. The molecule has 1 aliphatic rings. The summed E-state index contributed by atoms with van der Waals surface area (Å²) in [4.78, 5) is 26.2. The van der Waals surface area contributed by atoms with Crippen molar-refractivity contribution in [3.05, 3.63) is 54.0 Å². The van der Waals surface area contributed by atoms with Gasteiger partial charge >= 0.3 is 5.97 Å². The predicted octanol–water partition coefficient (Wildman–Crippen LogP) is 2.80. The van der Waals surface area contributed by atoms with Crippen molar-refractivity contribution in [2.45, 2.75) is 25.8 Å². The van der Waals surface area contributed by atoms with Crippen molar-refractivity contribution in [1.29, 1.82) is 0 Å². The van der Waals surface area contributed by atoms with Gasteiger partial charge in [-0.15, -0.1) is 0 Å². The molecule has 1 unspecified atom stereocenters. The molecule has 0 N–H and O–H groups in total. The van der Waals surface area contributed by atoms with Crippen LogP contribution in [0.2, 0.25) is 0 Å². The molecule has 0 radical (unpaired) electrons. The van der Waals surface area contributed by atoms with Crippen LogP contribution in [0.1, 0.15) is 29.5 Å². The number of amides is 1. The minimum absolute atomic E-state index is 0.210. The van der Waals surface area contributed by atoms with E-state index in [4.69, 9.17) is 9.15 Å². The minimum Gasteiger partial charge on any atom is -0.464 e. The van der Waals surface area contributed by atoms with Crippen molar-refractivity contribution in [3.8, 4) is 0 Å². The summed E-state index contributed by atoms with van der Waals surface area (Å²) in [5.41, 5.74) is 1.78. The molecule has 22 heavy (non-hydrogen) atoms. The second-order valence-electron chi connectivity index (χ2n) is 5.15. The fourth-order valence-corrected chi connectivity index (χ4v) is 2.60. The zero-order valence-electron chi connectivity index (χ0n) is 12.3. The van der Waals surface area contributed by atoms with Gasteiger partial charge in [-0.3, -0.25) is 9.69 Å². The first-order valence-corrected chi connectivity index (χ1v) is 7.33. The monoisotopic (exact) mass is 299 g/mol. The molecule has 114 valence electrons. The van der Waals surface area contributed by atoms with Crippen molar-refractivity contribution < 1.29 is 18.7 Å². The molecule has 1 aliphatic heterocycles. The molecule has 1 amide bonds. The Kier molecular flexibility index (Phi) is 3.96. The highest BCUT2D eigenvalue weighted by atomic mass is 16.5. The maximum Gasteiger partial charge on any atom is 0.329 e. The fourth-order valence-electron chi connectivity index (χ4n) is 2.60. The van der Waals surface area contributed by atoms with E-state index in [2.05, 4.69) is 0 Å². The number of esters is 1. The lowest BCUT2D eigenvalue weighted by molar-refractivity contribution is -0.139. The molecule has 1 saturated heterocycles. The highest BCUT2D eigenvalue weighted by Gasteiger charge is 2.37. The first-order chi connectivity index (χ1) is 10.7. The first-order valence-electron chi connectivity index (χ1n) is 7.33. The van der Waals surface area contributed by atoms with E-state index in [0.717, 1.165) is 12.0 Å². The van der Waals surface area contributed by atoms with Gasteiger partial charge in [0.2, 0.25) is 0 Å². The van der Waals surface area contributed by atoms with Gasteiger partial charge in [0.15, 0.2) is 5.76 Å². The van der Waals surface area contributed by atoms with Gasteiger partial charge in [-0.25, -0.2) is 4.79 Å². The number of carbonyl (C=O) groups is 2. The Hall–Kier alpha value is -2.56. The van der Waals surface area contributed by atoms with Crippen LogP contribution in [0.25, 0.3) is 0 Å². The molecule has 1 aromatic carbocycles. The van der Waals surface area contributed by atoms with Crippen molar-refractivity contribution >= 4 is 17.6 Å².